The summed E-state index contributed by atoms with van der Waals surface area (Å²) in [6.07, 6.45) is 4.24. The van der Waals surface area contributed by atoms with E-state index in [4.69, 9.17) is 0 Å². The van der Waals surface area contributed by atoms with E-state index in [1.165, 1.54) is 12.2 Å². The van der Waals surface area contributed by atoms with Crippen LogP contribution in [0.5, 0.6) is 0 Å². The summed E-state index contributed by atoms with van der Waals surface area (Å²) in [7, 11) is 0. The molecule has 8 atom stereocenters. The number of alkyl halides is 1. The molecule has 0 radical (unpaired) electrons. The van der Waals surface area contributed by atoms with Crippen LogP contribution in [0.15, 0.2) is 29.0 Å². The monoisotopic (exact) mass is 405 g/mol. The van der Waals surface area contributed by atoms with Crippen LogP contribution >= 0.6 is 0 Å². The lowest BCUT2D eigenvalue weighted by Crippen LogP contribution is -2.69. The maximum Gasteiger partial charge on any atom is 0.190 e. The fourth-order valence-corrected chi connectivity index (χ4v) is 7.51. The van der Waals surface area contributed by atoms with E-state index < -0.39 is 52.4 Å². The van der Waals surface area contributed by atoms with Gasteiger partial charge in [-0.15, -0.1) is 4.91 Å². The lowest BCUT2D eigenvalue weighted by atomic mass is 9.44. The van der Waals surface area contributed by atoms with E-state index in [-0.39, 0.29) is 18.1 Å². The summed E-state index contributed by atoms with van der Waals surface area (Å²) >= 11 is 0. The van der Waals surface area contributed by atoms with Crippen molar-refractivity contribution >= 4 is 11.6 Å². The second-order valence-corrected chi connectivity index (χ2v) is 9.84. The number of aliphatic hydroxyl groups is 2. The van der Waals surface area contributed by atoms with Gasteiger partial charge >= 0.3 is 0 Å². The molecule has 0 spiro atoms. The lowest BCUT2D eigenvalue weighted by molar-refractivity contribution is -0.198. The third-order valence-corrected chi connectivity index (χ3v) is 8.94. The van der Waals surface area contributed by atoms with E-state index in [2.05, 4.69) is 5.18 Å². The van der Waals surface area contributed by atoms with E-state index in [1.54, 1.807) is 26.8 Å². The van der Waals surface area contributed by atoms with Crippen LogP contribution in [-0.2, 0) is 9.59 Å². The molecule has 0 aromatic heterocycles. The fourth-order valence-electron chi connectivity index (χ4n) is 7.51. The number of Topliss-reactive ketones (excluding diaryl/α,β-unsaturated/α-hetero) is 1. The highest BCUT2D eigenvalue weighted by Crippen LogP contribution is 2.71. The number of aliphatic hydroxyl groups excluding tert-OH is 2. The maximum absolute atomic E-state index is 16.9. The Labute approximate surface area is 169 Å². The Balaban J connectivity index is 1.86. The largest absolute Gasteiger partial charge is 0.390 e. The minimum absolute atomic E-state index is 0.100. The summed E-state index contributed by atoms with van der Waals surface area (Å²) in [5, 5.41) is 24.0. The molecule has 4 aliphatic carbocycles. The fraction of sp³-hybridized carbons (Fsp3) is 0.727. The van der Waals surface area contributed by atoms with Crippen molar-refractivity contribution in [2.24, 2.45) is 33.8 Å². The van der Waals surface area contributed by atoms with Crippen molar-refractivity contribution < 1.29 is 24.2 Å². The van der Waals surface area contributed by atoms with Crippen molar-refractivity contribution in [3.63, 3.8) is 0 Å². The number of carbonyl (C=O) groups excluding carboxylic acids is 2. The molecule has 3 saturated carbocycles. The molecule has 0 bridgehead atoms. The zero-order valence-corrected chi connectivity index (χ0v) is 17.0. The molecular formula is C22H28FNO5. The molecule has 0 aromatic rings. The third kappa shape index (κ3) is 2.13. The number of hydrogen-bond donors (Lipinski definition) is 2. The minimum atomic E-state index is -2.01. The molecule has 29 heavy (non-hydrogen) atoms. The van der Waals surface area contributed by atoms with Gasteiger partial charge in [0.05, 0.1) is 6.10 Å². The normalized spacial score (nSPS) is 51.0. The molecule has 7 unspecified atom stereocenters. The van der Waals surface area contributed by atoms with Gasteiger partial charge in [-0.2, -0.15) is 0 Å². The van der Waals surface area contributed by atoms with Gasteiger partial charge in [0, 0.05) is 16.7 Å². The first kappa shape index (κ1) is 20.5. The summed E-state index contributed by atoms with van der Waals surface area (Å²) in [4.78, 5) is 36.7. The maximum atomic E-state index is 16.9. The Hall–Kier alpha value is -1.73. The first-order valence-corrected chi connectivity index (χ1v) is 10.3. The van der Waals surface area contributed by atoms with Gasteiger partial charge in [0.2, 0.25) is 0 Å². The van der Waals surface area contributed by atoms with Crippen LogP contribution in [0.4, 0.5) is 4.39 Å². The molecule has 4 rings (SSSR count). The Bertz CT molecular complexity index is 854. The Morgan fingerprint density at radius 3 is 2.66 bits per heavy atom. The van der Waals surface area contributed by atoms with E-state index in [0.717, 1.165) is 0 Å². The molecule has 158 valence electrons. The second-order valence-electron chi connectivity index (χ2n) is 9.84. The summed E-state index contributed by atoms with van der Waals surface area (Å²) in [5.41, 5.74) is -5.17. The van der Waals surface area contributed by atoms with Gasteiger partial charge in [0.15, 0.2) is 22.8 Å². The summed E-state index contributed by atoms with van der Waals surface area (Å²) in [6, 6.07) is 0. The van der Waals surface area contributed by atoms with Gasteiger partial charge in [-0.3, -0.25) is 9.59 Å². The second kappa shape index (κ2) is 6.14. The van der Waals surface area contributed by atoms with Gasteiger partial charge in [0.1, 0.15) is 6.61 Å². The zero-order chi connectivity index (χ0) is 21.4. The van der Waals surface area contributed by atoms with Crippen LogP contribution in [-0.4, -0.2) is 45.7 Å². The molecule has 0 heterocycles. The van der Waals surface area contributed by atoms with Crippen molar-refractivity contribution in [3.05, 3.63) is 28.7 Å². The third-order valence-electron chi connectivity index (χ3n) is 8.94. The Kier molecular flexibility index (Phi) is 4.35. The van der Waals surface area contributed by atoms with Crippen LogP contribution in [0.2, 0.25) is 0 Å². The quantitative estimate of drug-likeness (QED) is 0.703. The lowest BCUT2D eigenvalue weighted by Gasteiger charge is -2.62. The van der Waals surface area contributed by atoms with Crippen LogP contribution in [0.25, 0.3) is 0 Å². The molecule has 0 aliphatic heterocycles. The number of hydrogen-bond acceptors (Lipinski definition) is 6. The summed E-state index contributed by atoms with van der Waals surface area (Å²) < 4.78 is 16.9. The highest BCUT2D eigenvalue weighted by molar-refractivity contribution is 6.01. The smallest absolute Gasteiger partial charge is 0.190 e. The molecule has 2 N–H and O–H groups in total. The number of nitrogens with zero attached hydrogens (tertiary/aromatic N) is 1. The number of fused-ring (bicyclic) bond motifs is 5. The van der Waals surface area contributed by atoms with Crippen LogP contribution in [0.3, 0.4) is 0 Å². The highest BCUT2D eigenvalue weighted by atomic mass is 19.1. The van der Waals surface area contributed by atoms with Crippen LogP contribution in [0.1, 0.15) is 46.5 Å². The van der Waals surface area contributed by atoms with Gasteiger partial charge < -0.3 is 10.2 Å². The van der Waals surface area contributed by atoms with E-state index in [1.807, 2.05) is 0 Å². The van der Waals surface area contributed by atoms with Crippen molar-refractivity contribution in [1.29, 1.82) is 0 Å². The summed E-state index contributed by atoms with van der Waals surface area (Å²) in [5.74, 6) is -2.23. The van der Waals surface area contributed by atoms with Crippen molar-refractivity contribution in [1.82, 2.24) is 0 Å². The topological polar surface area (TPSA) is 104 Å². The highest BCUT2D eigenvalue weighted by Gasteiger charge is 2.76. The van der Waals surface area contributed by atoms with E-state index in [0.29, 0.717) is 24.8 Å². The molecule has 0 saturated heterocycles. The number of nitroso groups, excluding NO2 is 1. The zero-order valence-electron chi connectivity index (χ0n) is 17.0. The van der Waals surface area contributed by atoms with Crippen LogP contribution < -0.4 is 0 Å². The number of carbonyl (C=O) groups is 2. The van der Waals surface area contributed by atoms with Gasteiger partial charge in [-0.05, 0) is 56.6 Å². The molecule has 0 amide bonds. The van der Waals surface area contributed by atoms with Crippen LogP contribution in [0, 0.1) is 33.5 Å². The SMILES string of the molecule is C[C@H]1CC2C3CCC4=CC(=O)C=CC4(C)C3(F)C(O)CC2(C)C1(N=O)C(=O)CO. The predicted molar refractivity (Wildman–Crippen MR) is 104 cm³/mol. The molecule has 0 aromatic carbocycles. The average molecular weight is 405 g/mol. The number of allylic oxidation sites excluding steroid dienone is 4. The minimum Gasteiger partial charge on any atom is -0.390 e. The first-order valence-electron chi connectivity index (χ1n) is 10.3. The van der Waals surface area contributed by atoms with E-state index >= 15 is 4.39 Å². The predicted octanol–water partition coefficient (Wildman–Crippen LogP) is 2.67. The number of halogens is 1. The molecular weight excluding hydrogens is 377 g/mol. The van der Waals surface area contributed by atoms with Gasteiger partial charge in [-0.25, -0.2) is 4.39 Å². The molecule has 6 nitrogen and oxygen atoms in total. The van der Waals surface area contributed by atoms with E-state index in [9.17, 15) is 24.7 Å². The van der Waals surface area contributed by atoms with Crippen molar-refractivity contribution in [3.8, 4) is 0 Å². The Morgan fingerprint density at radius 2 is 2.03 bits per heavy atom. The molecule has 3 fully saturated rings. The molecule has 7 heteroatoms. The average Bonchev–Trinajstić information content (AvgIpc) is 2.90. The first-order chi connectivity index (χ1) is 13.5. The number of ketones is 2. The molecule has 4 aliphatic rings. The number of rotatable bonds is 3. The standard InChI is InChI=1S/C22H28FNO5/c1-12-8-16-15-5-4-13-9-14(26)6-7-19(13,2)21(15,23)17(27)10-20(16,3)22(12,24-29)18(28)11-25/h6-7,9,12,15-17,25,27H,4-5,8,10-11H2,1-3H3/t12-,15?,16?,17?,19?,20?,21?,22?/m0/s1. The van der Waals surface area contributed by atoms with Gasteiger partial charge in [0.25, 0.3) is 0 Å². The van der Waals surface area contributed by atoms with Crippen molar-refractivity contribution in [2.45, 2.75) is 63.8 Å². The van der Waals surface area contributed by atoms with Gasteiger partial charge in [-0.1, -0.05) is 30.7 Å². The summed E-state index contributed by atoms with van der Waals surface area (Å²) in [6.45, 7) is 4.41. The van der Waals surface area contributed by atoms with Crippen molar-refractivity contribution in [2.75, 3.05) is 6.61 Å². The Morgan fingerprint density at radius 1 is 1.34 bits per heavy atom.